The summed E-state index contributed by atoms with van der Waals surface area (Å²) >= 11 is 1.51. The fraction of sp³-hybridized carbons (Fsp3) is 0.167. The lowest BCUT2D eigenvalue weighted by atomic mass is 10.4. The summed E-state index contributed by atoms with van der Waals surface area (Å²) in [7, 11) is 0. The number of hydrogen-bond acceptors (Lipinski definition) is 5. The topological polar surface area (TPSA) is 97.1 Å². The van der Waals surface area contributed by atoms with Crippen LogP contribution in [0.2, 0.25) is 0 Å². The minimum atomic E-state index is -0.996. The van der Waals surface area contributed by atoms with Crippen molar-refractivity contribution in [2.45, 2.75) is 13.5 Å². The van der Waals surface area contributed by atoms with Gasteiger partial charge in [0.15, 0.2) is 0 Å². The summed E-state index contributed by atoms with van der Waals surface area (Å²) in [5.41, 5.74) is 1.17. The first-order valence-electron chi connectivity index (χ1n) is 5.68. The van der Waals surface area contributed by atoms with Crippen molar-refractivity contribution in [2.24, 2.45) is 0 Å². The number of carboxylic acid groups (broad SMARTS) is 1. The van der Waals surface area contributed by atoms with Crippen molar-refractivity contribution >= 4 is 35.0 Å². The van der Waals surface area contributed by atoms with Gasteiger partial charge in [0.2, 0.25) is 5.91 Å². The highest BCUT2D eigenvalue weighted by Crippen LogP contribution is 2.10. The van der Waals surface area contributed by atoms with Crippen LogP contribution in [0.4, 0.5) is 5.69 Å². The van der Waals surface area contributed by atoms with Crippen LogP contribution >= 0.6 is 11.3 Å². The number of anilines is 1. The van der Waals surface area contributed by atoms with Crippen LogP contribution in [0.15, 0.2) is 23.8 Å². The molecule has 0 atom stereocenters. The molecule has 2 heterocycles. The summed E-state index contributed by atoms with van der Waals surface area (Å²) < 4.78 is 1.23. The number of aromatic nitrogens is 3. The van der Waals surface area contributed by atoms with E-state index in [1.165, 1.54) is 34.5 Å². The van der Waals surface area contributed by atoms with Gasteiger partial charge < -0.3 is 10.4 Å². The number of carboxylic acids is 1. The zero-order valence-electron chi connectivity index (χ0n) is 10.6. The molecular formula is C12H12N4O3S. The average molecular weight is 292 g/mol. The first kappa shape index (κ1) is 13.9. The summed E-state index contributed by atoms with van der Waals surface area (Å²) in [5.74, 6) is -1.32. The Bertz CT molecular complexity index is 659. The predicted molar refractivity (Wildman–Crippen MR) is 74.4 cm³/mol. The van der Waals surface area contributed by atoms with Crippen LogP contribution in [0.25, 0.3) is 6.08 Å². The van der Waals surface area contributed by atoms with Crippen LogP contribution in [0.1, 0.15) is 10.7 Å². The Labute approximate surface area is 118 Å². The maximum absolute atomic E-state index is 11.6. The zero-order chi connectivity index (χ0) is 14.5. The van der Waals surface area contributed by atoms with E-state index in [4.69, 9.17) is 5.11 Å². The van der Waals surface area contributed by atoms with E-state index in [-0.39, 0.29) is 12.5 Å². The number of hydrogen-bond donors (Lipinski definition) is 2. The fourth-order valence-corrected chi connectivity index (χ4v) is 2.04. The Morgan fingerprint density at radius 2 is 2.35 bits per heavy atom. The summed E-state index contributed by atoms with van der Waals surface area (Å²) in [6, 6.07) is 0. The second-order valence-electron chi connectivity index (χ2n) is 3.93. The third-order valence-corrected chi connectivity index (χ3v) is 3.03. The van der Waals surface area contributed by atoms with E-state index in [1.807, 2.05) is 12.3 Å². The van der Waals surface area contributed by atoms with Gasteiger partial charge in [0.05, 0.1) is 22.6 Å². The molecule has 2 N–H and O–H groups in total. The number of nitrogens with zero attached hydrogens (tertiary/aromatic N) is 3. The summed E-state index contributed by atoms with van der Waals surface area (Å²) in [6.45, 7) is 1.64. The molecule has 2 aromatic rings. The van der Waals surface area contributed by atoms with Crippen LogP contribution < -0.4 is 5.32 Å². The molecular weight excluding hydrogens is 280 g/mol. The van der Waals surface area contributed by atoms with E-state index < -0.39 is 5.97 Å². The first-order valence-corrected chi connectivity index (χ1v) is 6.56. The number of aryl methyl sites for hydroxylation is 1. The normalized spacial score (nSPS) is 10.8. The number of carbonyl (C=O) groups excluding carboxylic acids is 1. The number of carbonyl (C=O) groups is 2. The lowest BCUT2D eigenvalue weighted by Gasteiger charge is -1.96. The maximum atomic E-state index is 11.6. The highest BCUT2D eigenvalue weighted by molar-refractivity contribution is 7.09. The zero-order valence-corrected chi connectivity index (χ0v) is 11.4. The van der Waals surface area contributed by atoms with Crippen molar-refractivity contribution in [1.29, 1.82) is 0 Å². The largest absolute Gasteiger partial charge is 0.480 e. The van der Waals surface area contributed by atoms with Crippen molar-refractivity contribution in [3.05, 3.63) is 34.6 Å². The summed E-state index contributed by atoms with van der Waals surface area (Å²) in [6.07, 6.45) is 5.82. The Kier molecular flexibility index (Phi) is 4.26. The Hall–Kier alpha value is -2.48. The molecule has 0 unspecified atom stereocenters. The molecule has 0 aromatic carbocycles. The highest BCUT2D eigenvalue weighted by Gasteiger charge is 2.04. The second-order valence-corrected chi connectivity index (χ2v) is 5.00. The molecule has 0 saturated carbocycles. The van der Waals surface area contributed by atoms with E-state index >= 15 is 0 Å². The van der Waals surface area contributed by atoms with E-state index in [1.54, 1.807) is 6.08 Å². The van der Waals surface area contributed by atoms with Gasteiger partial charge in [-0.25, -0.2) is 4.98 Å². The lowest BCUT2D eigenvalue weighted by molar-refractivity contribution is -0.137. The number of rotatable bonds is 5. The van der Waals surface area contributed by atoms with E-state index in [9.17, 15) is 9.59 Å². The maximum Gasteiger partial charge on any atom is 0.325 e. The minimum absolute atomic E-state index is 0.246. The van der Waals surface area contributed by atoms with Gasteiger partial charge in [-0.05, 0) is 13.0 Å². The molecule has 0 radical (unpaired) electrons. The van der Waals surface area contributed by atoms with Crippen LogP contribution in [-0.4, -0.2) is 31.7 Å². The number of thiazole rings is 1. The predicted octanol–water partition coefficient (Wildman–Crippen LogP) is 1.38. The Morgan fingerprint density at radius 3 is 3.00 bits per heavy atom. The van der Waals surface area contributed by atoms with Crippen LogP contribution in [0.5, 0.6) is 0 Å². The van der Waals surface area contributed by atoms with Gasteiger partial charge >= 0.3 is 5.97 Å². The molecule has 20 heavy (non-hydrogen) atoms. The van der Waals surface area contributed by atoms with Gasteiger partial charge in [0.25, 0.3) is 0 Å². The average Bonchev–Trinajstić information content (AvgIpc) is 2.95. The van der Waals surface area contributed by atoms with Crippen LogP contribution in [0, 0.1) is 6.92 Å². The monoisotopic (exact) mass is 292 g/mol. The van der Waals surface area contributed by atoms with Gasteiger partial charge in [-0.3, -0.25) is 14.3 Å². The van der Waals surface area contributed by atoms with Crippen LogP contribution in [-0.2, 0) is 16.1 Å². The molecule has 2 aromatic heterocycles. The molecule has 7 nitrogen and oxygen atoms in total. The molecule has 0 spiro atoms. The van der Waals surface area contributed by atoms with Crippen molar-refractivity contribution in [1.82, 2.24) is 14.8 Å². The highest BCUT2D eigenvalue weighted by atomic mass is 32.1. The fourth-order valence-electron chi connectivity index (χ4n) is 1.45. The first-order chi connectivity index (χ1) is 9.52. The molecule has 0 fully saturated rings. The van der Waals surface area contributed by atoms with Gasteiger partial charge in [-0.2, -0.15) is 5.10 Å². The Balaban J connectivity index is 1.92. The summed E-state index contributed by atoms with van der Waals surface area (Å²) in [4.78, 5) is 26.3. The van der Waals surface area contributed by atoms with E-state index in [0.717, 1.165) is 10.7 Å². The molecule has 8 heteroatoms. The second kappa shape index (κ2) is 6.11. The van der Waals surface area contributed by atoms with E-state index in [0.29, 0.717) is 5.69 Å². The van der Waals surface area contributed by atoms with Crippen molar-refractivity contribution in [3.63, 3.8) is 0 Å². The van der Waals surface area contributed by atoms with Crippen LogP contribution in [0.3, 0.4) is 0 Å². The number of amides is 1. The third-order valence-electron chi connectivity index (χ3n) is 2.24. The third kappa shape index (κ3) is 4.02. The van der Waals surface area contributed by atoms with Gasteiger partial charge in [0, 0.05) is 17.7 Å². The minimum Gasteiger partial charge on any atom is -0.480 e. The van der Waals surface area contributed by atoms with Crippen molar-refractivity contribution in [3.8, 4) is 0 Å². The molecule has 0 aliphatic rings. The number of nitrogens with one attached hydrogen (secondary N) is 1. The van der Waals surface area contributed by atoms with Crippen molar-refractivity contribution in [2.75, 3.05) is 5.32 Å². The molecule has 0 aliphatic carbocycles. The van der Waals surface area contributed by atoms with Gasteiger partial charge in [0.1, 0.15) is 6.54 Å². The molecule has 0 aliphatic heterocycles. The van der Waals surface area contributed by atoms with Gasteiger partial charge in [-0.15, -0.1) is 11.3 Å². The lowest BCUT2D eigenvalue weighted by Crippen LogP contribution is -2.09. The Morgan fingerprint density at radius 1 is 1.55 bits per heavy atom. The molecule has 0 bridgehead atoms. The smallest absolute Gasteiger partial charge is 0.325 e. The van der Waals surface area contributed by atoms with Crippen molar-refractivity contribution < 1.29 is 14.7 Å². The van der Waals surface area contributed by atoms with E-state index in [2.05, 4.69) is 15.4 Å². The molecule has 0 saturated heterocycles. The molecule has 104 valence electrons. The SMILES string of the molecule is Cc1nc(/C=C/C(=O)Nc2cnn(CC(=O)O)c2)cs1. The molecule has 1 amide bonds. The number of aliphatic carboxylic acids is 1. The summed E-state index contributed by atoms with van der Waals surface area (Å²) in [5, 5.41) is 17.8. The quantitative estimate of drug-likeness (QED) is 0.811. The standard InChI is InChI=1S/C12H12N4O3S/c1-8-14-9(7-20-8)2-3-11(17)15-10-4-13-16(5-10)6-12(18)19/h2-5,7H,6H2,1H3,(H,15,17)(H,18,19)/b3-2+. The molecule has 2 rings (SSSR count). The van der Waals surface area contributed by atoms with Gasteiger partial charge in [-0.1, -0.05) is 0 Å².